The molecule has 3 aromatic rings. The maximum absolute atomic E-state index is 13.4. The van der Waals surface area contributed by atoms with Crippen LogP contribution in [-0.2, 0) is 14.8 Å². The van der Waals surface area contributed by atoms with E-state index in [4.69, 9.17) is 21.1 Å². The number of anilines is 1. The Morgan fingerprint density at radius 2 is 1.74 bits per heavy atom. The minimum absolute atomic E-state index is 0.0371. The lowest BCUT2D eigenvalue weighted by atomic mass is 10.2. The molecule has 1 amide bonds. The molecule has 6 nitrogen and oxygen atoms in total. The van der Waals surface area contributed by atoms with Crippen LogP contribution in [0.2, 0.25) is 5.02 Å². The number of ether oxygens (including phenoxy) is 2. The second kappa shape index (κ2) is 9.72. The summed E-state index contributed by atoms with van der Waals surface area (Å²) in [7, 11) is -2.80. The third-order valence-corrected chi connectivity index (χ3v) is 6.84. The Morgan fingerprint density at radius 1 is 1.03 bits per heavy atom. The molecule has 0 aliphatic rings. The van der Waals surface area contributed by atoms with Crippen molar-refractivity contribution in [3.8, 4) is 11.5 Å². The number of hydrogen-bond acceptors (Lipinski definition) is 5. The van der Waals surface area contributed by atoms with Gasteiger partial charge in [-0.25, -0.2) is 8.42 Å². The molecule has 0 fully saturated rings. The van der Waals surface area contributed by atoms with Gasteiger partial charge in [0.25, 0.3) is 15.9 Å². The molecule has 0 radical (unpaired) electrons. The van der Waals surface area contributed by atoms with Crippen molar-refractivity contribution in [2.45, 2.75) is 17.9 Å². The van der Waals surface area contributed by atoms with Crippen LogP contribution in [0.4, 0.5) is 5.69 Å². The van der Waals surface area contributed by atoms with Gasteiger partial charge < -0.3 is 9.47 Å². The van der Waals surface area contributed by atoms with Crippen LogP contribution in [0.25, 0.3) is 0 Å². The van der Waals surface area contributed by atoms with Crippen molar-refractivity contribution in [1.29, 1.82) is 0 Å². The second-order valence-corrected chi connectivity index (χ2v) is 9.57. The van der Waals surface area contributed by atoms with Gasteiger partial charge in [-0.3, -0.25) is 4.79 Å². The number of methoxy groups -OCH3 is 1. The minimum Gasteiger partial charge on any atom is -0.495 e. The molecule has 3 rings (SSSR count). The van der Waals surface area contributed by atoms with Gasteiger partial charge in [-0.15, -0.1) is 0 Å². The van der Waals surface area contributed by atoms with Crippen LogP contribution in [0.15, 0.2) is 82.2 Å². The predicted octanol–water partition coefficient (Wildman–Crippen LogP) is 5.30. The molecule has 0 heterocycles. The topological polar surface area (TPSA) is 72.9 Å². The summed E-state index contributed by atoms with van der Waals surface area (Å²) in [6, 6.07) is 18.9. The number of carbonyl (C=O) groups is 1. The highest BCUT2D eigenvalue weighted by Crippen LogP contribution is 2.33. The number of nitrogens with zero attached hydrogens (tertiary/aromatic N) is 1. The number of benzene rings is 3. The number of amides is 1. The molecule has 0 saturated carbocycles. The first-order chi connectivity index (χ1) is 14.7. The summed E-state index contributed by atoms with van der Waals surface area (Å²) in [5.41, 5.74) is 0.0735. The van der Waals surface area contributed by atoms with E-state index in [1.54, 1.807) is 36.4 Å². The summed E-state index contributed by atoms with van der Waals surface area (Å²) in [4.78, 5) is 13.3. The predicted molar refractivity (Wildman–Crippen MR) is 123 cm³/mol. The third kappa shape index (κ3) is 5.20. The standard InChI is InChI=1S/C22H19BrClNO5S/c1-15(30-18-8-6-7-16(23)13-18)22(26)25(17-11-12-21(29-2)20(24)14-17)31(27,28)19-9-4-3-5-10-19/h3-15H,1-2H3. The van der Waals surface area contributed by atoms with E-state index in [0.29, 0.717) is 15.8 Å². The molecule has 0 bridgehead atoms. The lowest BCUT2D eigenvalue weighted by Crippen LogP contribution is -2.44. The number of carbonyl (C=O) groups excluding carboxylic acids is 1. The van der Waals surface area contributed by atoms with Crippen LogP contribution in [0, 0.1) is 0 Å². The van der Waals surface area contributed by atoms with Crippen LogP contribution in [0.3, 0.4) is 0 Å². The zero-order chi connectivity index (χ0) is 22.6. The monoisotopic (exact) mass is 523 g/mol. The van der Waals surface area contributed by atoms with Crippen molar-refractivity contribution in [1.82, 2.24) is 0 Å². The lowest BCUT2D eigenvalue weighted by molar-refractivity contribution is -0.123. The van der Waals surface area contributed by atoms with E-state index < -0.39 is 22.0 Å². The quantitative estimate of drug-likeness (QED) is 0.419. The summed E-state index contributed by atoms with van der Waals surface area (Å²) in [6.45, 7) is 1.49. The van der Waals surface area contributed by atoms with E-state index in [1.807, 2.05) is 6.07 Å². The Morgan fingerprint density at radius 3 is 2.35 bits per heavy atom. The van der Waals surface area contributed by atoms with Gasteiger partial charge in [0.2, 0.25) is 0 Å². The van der Waals surface area contributed by atoms with E-state index in [0.717, 1.165) is 4.47 Å². The van der Waals surface area contributed by atoms with Gasteiger partial charge >= 0.3 is 0 Å². The molecule has 0 aromatic heterocycles. The molecule has 31 heavy (non-hydrogen) atoms. The van der Waals surface area contributed by atoms with Crippen molar-refractivity contribution >= 4 is 49.1 Å². The van der Waals surface area contributed by atoms with Crippen LogP contribution < -0.4 is 13.8 Å². The lowest BCUT2D eigenvalue weighted by Gasteiger charge is -2.26. The van der Waals surface area contributed by atoms with Crippen LogP contribution in [0.1, 0.15) is 6.92 Å². The smallest absolute Gasteiger partial charge is 0.281 e. The molecule has 0 N–H and O–H groups in total. The van der Waals surface area contributed by atoms with E-state index >= 15 is 0 Å². The SMILES string of the molecule is COc1ccc(N(C(=O)C(C)Oc2cccc(Br)c2)S(=O)(=O)c2ccccc2)cc1Cl. The maximum atomic E-state index is 13.4. The Kier molecular flexibility index (Phi) is 7.25. The van der Waals surface area contributed by atoms with E-state index in [9.17, 15) is 13.2 Å². The van der Waals surface area contributed by atoms with Gasteiger partial charge in [0.05, 0.1) is 22.7 Å². The van der Waals surface area contributed by atoms with Gasteiger partial charge in [-0.1, -0.05) is 51.8 Å². The molecule has 9 heteroatoms. The summed E-state index contributed by atoms with van der Waals surface area (Å²) >= 11 is 9.55. The molecule has 1 atom stereocenters. The Bertz CT molecular complexity index is 1190. The largest absolute Gasteiger partial charge is 0.495 e. The summed E-state index contributed by atoms with van der Waals surface area (Å²) in [6.07, 6.45) is -1.10. The molecule has 0 saturated heterocycles. The summed E-state index contributed by atoms with van der Waals surface area (Å²) < 4.78 is 39.2. The molecule has 0 aliphatic carbocycles. The molecule has 3 aromatic carbocycles. The zero-order valence-corrected chi connectivity index (χ0v) is 19.8. The fourth-order valence-corrected chi connectivity index (χ4v) is 4.94. The number of hydrogen-bond donors (Lipinski definition) is 0. The third-order valence-electron chi connectivity index (χ3n) is 4.31. The van der Waals surface area contributed by atoms with Crippen molar-refractivity contribution in [3.63, 3.8) is 0 Å². The Balaban J connectivity index is 2.05. The Labute approximate surface area is 194 Å². The van der Waals surface area contributed by atoms with Crippen LogP contribution in [0.5, 0.6) is 11.5 Å². The van der Waals surface area contributed by atoms with Gasteiger partial charge in [0, 0.05) is 4.47 Å². The van der Waals surface area contributed by atoms with Crippen LogP contribution >= 0.6 is 27.5 Å². The molecule has 162 valence electrons. The van der Waals surface area contributed by atoms with Gasteiger partial charge in [-0.2, -0.15) is 4.31 Å². The zero-order valence-electron chi connectivity index (χ0n) is 16.7. The molecule has 1 unspecified atom stereocenters. The van der Waals surface area contributed by atoms with Gasteiger partial charge in [-0.05, 0) is 55.5 Å². The average molecular weight is 525 g/mol. The first-order valence-corrected chi connectivity index (χ1v) is 11.7. The highest BCUT2D eigenvalue weighted by atomic mass is 79.9. The second-order valence-electron chi connectivity index (χ2n) is 6.46. The number of rotatable bonds is 7. The van der Waals surface area contributed by atoms with Crippen molar-refractivity contribution < 1.29 is 22.7 Å². The van der Waals surface area contributed by atoms with E-state index in [1.165, 1.54) is 44.4 Å². The summed E-state index contributed by atoms with van der Waals surface area (Å²) in [5.74, 6) is -0.00142. The van der Waals surface area contributed by atoms with Crippen molar-refractivity contribution in [2.24, 2.45) is 0 Å². The summed E-state index contributed by atoms with van der Waals surface area (Å²) in [5, 5.41) is 0.168. The van der Waals surface area contributed by atoms with E-state index in [-0.39, 0.29) is 15.6 Å². The highest BCUT2D eigenvalue weighted by Gasteiger charge is 2.35. The molecular formula is C22H19BrClNO5S. The van der Waals surface area contributed by atoms with Crippen molar-refractivity contribution in [3.05, 3.63) is 82.3 Å². The van der Waals surface area contributed by atoms with Gasteiger partial charge in [0.15, 0.2) is 6.10 Å². The first kappa shape index (κ1) is 23.1. The molecule has 0 spiro atoms. The van der Waals surface area contributed by atoms with Gasteiger partial charge in [0.1, 0.15) is 11.5 Å². The Hall–Kier alpha value is -2.55. The number of sulfonamides is 1. The fourth-order valence-electron chi connectivity index (χ4n) is 2.82. The normalized spacial score (nSPS) is 12.1. The number of halogens is 2. The minimum atomic E-state index is -4.24. The molecular weight excluding hydrogens is 506 g/mol. The maximum Gasteiger partial charge on any atom is 0.281 e. The van der Waals surface area contributed by atoms with E-state index in [2.05, 4.69) is 15.9 Å². The average Bonchev–Trinajstić information content (AvgIpc) is 2.74. The highest BCUT2D eigenvalue weighted by molar-refractivity contribution is 9.10. The first-order valence-electron chi connectivity index (χ1n) is 9.14. The molecule has 0 aliphatic heterocycles. The van der Waals surface area contributed by atoms with Crippen LogP contribution in [-0.4, -0.2) is 27.5 Å². The fraction of sp³-hybridized carbons (Fsp3) is 0.136. The van der Waals surface area contributed by atoms with Crippen molar-refractivity contribution in [2.75, 3.05) is 11.4 Å².